The van der Waals surface area contributed by atoms with Crippen LogP contribution in [0.3, 0.4) is 0 Å². The number of nitrogens with zero attached hydrogens (tertiary/aromatic N) is 1. The van der Waals surface area contributed by atoms with Crippen LogP contribution in [0.1, 0.15) is 29.5 Å². The fourth-order valence-corrected chi connectivity index (χ4v) is 3.09. The fraction of sp³-hybridized carbons (Fsp3) is 0.700. The molecule has 0 bridgehead atoms. The van der Waals surface area contributed by atoms with Gasteiger partial charge in [-0.2, -0.15) is 11.8 Å². The van der Waals surface area contributed by atoms with Crippen LogP contribution in [-0.2, 0) is 6.54 Å². The van der Waals surface area contributed by atoms with Gasteiger partial charge in [0, 0.05) is 35.4 Å². The second kappa shape index (κ2) is 3.83. The second-order valence-corrected chi connectivity index (χ2v) is 6.07. The van der Waals surface area contributed by atoms with Crippen LogP contribution in [0.5, 0.6) is 0 Å². The van der Waals surface area contributed by atoms with E-state index in [1.54, 1.807) is 0 Å². The molecule has 1 aliphatic heterocycles. The molecule has 2 heterocycles. The van der Waals surface area contributed by atoms with Crippen molar-refractivity contribution in [3.63, 3.8) is 0 Å². The quantitative estimate of drug-likeness (QED) is 0.852. The normalized spacial score (nSPS) is 22.3. The summed E-state index contributed by atoms with van der Waals surface area (Å²) in [6.45, 7) is 0.975. The van der Waals surface area contributed by atoms with Crippen LogP contribution in [0.4, 0.5) is 0 Å². The van der Waals surface area contributed by atoms with Crippen molar-refractivity contribution in [3.8, 4) is 0 Å². The predicted molar refractivity (Wildman–Crippen MR) is 62.0 cm³/mol. The maximum Gasteiger partial charge on any atom is 0.107 e. The van der Waals surface area contributed by atoms with Gasteiger partial charge in [-0.15, -0.1) is 11.3 Å². The van der Waals surface area contributed by atoms with Crippen LogP contribution >= 0.6 is 23.1 Å². The Balaban J connectivity index is 1.54. The summed E-state index contributed by atoms with van der Waals surface area (Å²) in [5, 5.41) is 7.04. The average molecular weight is 226 g/mol. The first-order chi connectivity index (χ1) is 6.92. The number of nitrogens with one attached hydrogen (secondary N) is 1. The standard InChI is InChI=1S/C10H14N2S2/c1-2-7(1)9-6-14-10(12-9)3-11-8-4-13-5-8/h6-8,11H,1-5H2. The summed E-state index contributed by atoms with van der Waals surface area (Å²) in [6, 6.07) is 0.744. The molecule has 0 aromatic carbocycles. The van der Waals surface area contributed by atoms with E-state index in [0.717, 1.165) is 18.5 Å². The molecule has 2 nitrogen and oxygen atoms in total. The third-order valence-corrected chi connectivity index (χ3v) is 4.89. The molecule has 1 saturated carbocycles. The van der Waals surface area contributed by atoms with E-state index in [4.69, 9.17) is 0 Å². The third-order valence-electron chi connectivity index (χ3n) is 2.75. The lowest BCUT2D eigenvalue weighted by atomic mass is 10.3. The van der Waals surface area contributed by atoms with Crippen LogP contribution in [0.15, 0.2) is 5.38 Å². The molecule has 2 fully saturated rings. The highest BCUT2D eigenvalue weighted by atomic mass is 32.2. The first kappa shape index (κ1) is 9.19. The van der Waals surface area contributed by atoms with Crippen molar-refractivity contribution >= 4 is 23.1 Å². The van der Waals surface area contributed by atoms with Gasteiger partial charge in [-0.3, -0.25) is 0 Å². The Kier molecular flexibility index (Phi) is 2.51. The fourth-order valence-electron chi connectivity index (χ4n) is 1.56. The van der Waals surface area contributed by atoms with Crippen molar-refractivity contribution in [1.82, 2.24) is 10.3 Å². The van der Waals surface area contributed by atoms with E-state index in [-0.39, 0.29) is 0 Å². The number of hydrogen-bond donors (Lipinski definition) is 1. The summed E-state index contributed by atoms with van der Waals surface area (Å²) in [4.78, 5) is 4.65. The van der Waals surface area contributed by atoms with Gasteiger partial charge >= 0.3 is 0 Å². The van der Waals surface area contributed by atoms with Gasteiger partial charge in [0.05, 0.1) is 5.69 Å². The molecule has 0 atom stereocenters. The lowest BCUT2D eigenvalue weighted by Gasteiger charge is -2.25. The zero-order valence-electron chi connectivity index (χ0n) is 8.03. The molecule has 1 saturated heterocycles. The topological polar surface area (TPSA) is 24.9 Å². The largest absolute Gasteiger partial charge is 0.306 e. The van der Waals surface area contributed by atoms with Crippen LogP contribution in [0.2, 0.25) is 0 Å². The van der Waals surface area contributed by atoms with Gasteiger partial charge in [-0.25, -0.2) is 4.98 Å². The minimum absolute atomic E-state index is 0.744. The maximum absolute atomic E-state index is 4.65. The zero-order valence-corrected chi connectivity index (χ0v) is 9.66. The van der Waals surface area contributed by atoms with Gasteiger partial charge in [0.1, 0.15) is 5.01 Å². The third kappa shape index (κ3) is 1.97. The van der Waals surface area contributed by atoms with Crippen LogP contribution < -0.4 is 5.32 Å². The first-order valence-corrected chi connectivity index (χ1v) is 7.20. The minimum Gasteiger partial charge on any atom is -0.306 e. The van der Waals surface area contributed by atoms with Crippen molar-refractivity contribution in [2.24, 2.45) is 0 Å². The van der Waals surface area contributed by atoms with Crippen LogP contribution in [-0.4, -0.2) is 22.5 Å². The van der Waals surface area contributed by atoms with Crippen LogP contribution in [0.25, 0.3) is 0 Å². The highest BCUT2D eigenvalue weighted by Gasteiger charge is 2.26. The molecule has 2 aliphatic rings. The number of thiazole rings is 1. The molecule has 1 aliphatic carbocycles. The summed E-state index contributed by atoms with van der Waals surface area (Å²) in [5.41, 5.74) is 1.34. The molecule has 3 rings (SSSR count). The van der Waals surface area contributed by atoms with Crippen molar-refractivity contribution in [2.75, 3.05) is 11.5 Å². The monoisotopic (exact) mass is 226 g/mol. The predicted octanol–water partition coefficient (Wildman–Crippen LogP) is 2.23. The molecule has 4 heteroatoms. The Morgan fingerprint density at radius 1 is 1.43 bits per heavy atom. The number of thioether (sulfide) groups is 1. The van der Waals surface area contributed by atoms with E-state index < -0.39 is 0 Å². The summed E-state index contributed by atoms with van der Waals surface area (Å²) < 4.78 is 0. The molecular weight excluding hydrogens is 212 g/mol. The van der Waals surface area contributed by atoms with Gasteiger partial charge in [0.15, 0.2) is 0 Å². The molecule has 1 aromatic rings. The molecule has 76 valence electrons. The van der Waals surface area contributed by atoms with Gasteiger partial charge in [0.2, 0.25) is 0 Å². The summed E-state index contributed by atoms with van der Waals surface area (Å²) in [7, 11) is 0. The molecule has 0 unspecified atom stereocenters. The lowest BCUT2D eigenvalue weighted by molar-refractivity contribution is 0.581. The van der Waals surface area contributed by atoms with E-state index in [1.807, 2.05) is 23.1 Å². The molecule has 0 amide bonds. The summed E-state index contributed by atoms with van der Waals surface area (Å²) in [5.74, 6) is 3.36. The van der Waals surface area contributed by atoms with Gasteiger partial charge < -0.3 is 5.32 Å². The van der Waals surface area contributed by atoms with Crippen molar-refractivity contribution < 1.29 is 0 Å². The molecule has 1 N–H and O–H groups in total. The van der Waals surface area contributed by atoms with Crippen molar-refractivity contribution in [2.45, 2.75) is 31.3 Å². The SMILES string of the molecule is c1sc(CNC2CSC2)nc1C1CC1. The summed E-state index contributed by atoms with van der Waals surface area (Å²) in [6.07, 6.45) is 2.71. The Morgan fingerprint density at radius 3 is 2.93 bits per heavy atom. The maximum atomic E-state index is 4.65. The zero-order chi connectivity index (χ0) is 9.38. The van der Waals surface area contributed by atoms with Crippen molar-refractivity contribution in [3.05, 3.63) is 16.1 Å². The molecule has 0 radical (unpaired) electrons. The average Bonchev–Trinajstić information content (AvgIpc) is 2.85. The second-order valence-electron chi connectivity index (χ2n) is 4.06. The highest BCUT2D eigenvalue weighted by Crippen LogP contribution is 2.40. The number of rotatable bonds is 4. The molecule has 0 spiro atoms. The lowest BCUT2D eigenvalue weighted by Crippen LogP contribution is -2.39. The highest BCUT2D eigenvalue weighted by molar-refractivity contribution is 8.00. The minimum atomic E-state index is 0.744. The Hall–Kier alpha value is -0.0600. The number of aromatic nitrogens is 1. The molecule has 14 heavy (non-hydrogen) atoms. The van der Waals surface area contributed by atoms with E-state index in [2.05, 4.69) is 15.7 Å². The Labute approximate surface area is 92.5 Å². The van der Waals surface area contributed by atoms with E-state index in [1.165, 1.54) is 35.0 Å². The van der Waals surface area contributed by atoms with Gasteiger partial charge in [0.25, 0.3) is 0 Å². The van der Waals surface area contributed by atoms with Gasteiger partial charge in [-0.1, -0.05) is 0 Å². The Morgan fingerprint density at radius 2 is 2.29 bits per heavy atom. The van der Waals surface area contributed by atoms with Crippen molar-refractivity contribution in [1.29, 1.82) is 0 Å². The number of hydrogen-bond acceptors (Lipinski definition) is 4. The van der Waals surface area contributed by atoms with Crippen LogP contribution in [0, 0.1) is 0 Å². The summed E-state index contributed by atoms with van der Waals surface area (Å²) >= 11 is 3.83. The molecule has 1 aromatic heterocycles. The Bertz CT molecular complexity index is 316. The smallest absolute Gasteiger partial charge is 0.107 e. The first-order valence-electron chi connectivity index (χ1n) is 5.17. The molecular formula is C10H14N2S2. The van der Waals surface area contributed by atoms with Gasteiger partial charge in [-0.05, 0) is 12.8 Å². The van der Waals surface area contributed by atoms with E-state index in [9.17, 15) is 0 Å². The van der Waals surface area contributed by atoms with E-state index >= 15 is 0 Å². The van der Waals surface area contributed by atoms with E-state index in [0.29, 0.717) is 0 Å².